The molecule has 2 rings (SSSR count). The molecule has 0 fully saturated rings. The van der Waals surface area contributed by atoms with Crippen molar-refractivity contribution in [3.8, 4) is 0 Å². The number of esters is 1. The molecule has 0 aliphatic carbocycles. The van der Waals surface area contributed by atoms with Crippen LogP contribution in [0.5, 0.6) is 0 Å². The van der Waals surface area contributed by atoms with Gasteiger partial charge < -0.3 is 15.4 Å². The molecule has 0 atom stereocenters. The van der Waals surface area contributed by atoms with Gasteiger partial charge in [-0.1, -0.05) is 12.1 Å². The van der Waals surface area contributed by atoms with E-state index < -0.39 is 30.2 Å². The molecule has 2 aromatic carbocycles. The van der Waals surface area contributed by atoms with Gasteiger partial charge in [-0.25, -0.2) is 4.39 Å². The Bertz CT molecular complexity index is 880. The summed E-state index contributed by atoms with van der Waals surface area (Å²) in [5.74, 6) is -2.27. The number of carbonyl (C=O) groups is 4. The lowest BCUT2D eigenvalue weighted by Crippen LogP contribution is -2.21. The molecule has 0 saturated heterocycles. The summed E-state index contributed by atoms with van der Waals surface area (Å²) in [6.07, 6.45) is -0.342. The van der Waals surface area contributed by atoms with Gasteiger partial charge >= 0.3 is 5.97 Å². The number of hydrogen-bond donors (Lipinski definition) is 2. The van der Waals surface area contributed by atoms with Crippen LogP contribution in [0.2, 0.25) is 0 Å². The minimum Gasteiger partial charge on any atom is -0.456 e. The Kier molecular flexibility index (Phi) is 7.38. The zero-order chi connectivity index (χ0) is 20.5. The van der Waals surface area contributed by atoms with Crippen molar-refractivity contribution in [2.24, 2.45) is 0 Å². The number of carbonyl (C=O) groups excluding carboxylic acids is 4. The van der Waals surface area contributed by atoms with Crippen LogP contribution in [0.15, 0.2) is 48.5 Å². The van der Waals surface area contributed by atoms with Crippen molar-refractivity contribution < 1.29 is 28.3 Å². The quantitative estimate of drug-likeness (QED) is 0.537. The lowest BCUT2D eigenvalue weighted by Gasteiger charge is -2.08. The summed E-state index contributed by atoms with van der Waals surface area (Å²) in [6.45, 7) is 0.904. The van der Waals surface area contributed by atoms with E-state index in [0.29, 0.717) is 16.9 Å². The molecule has 0 aliphatic rings. The number of rotatable bonds is 8. The van der Waals surface area contributed by atoms with E-state index in [9.17, 15) is 23.6 Å². The molecule has 0 aliphatic heterocycles. The fourth-order valence-electron chi connectivity index (χ4n) is 2.20. The Balaban J connectivity index is 1.70. The van der Waals surface area contributed by atoms with E-state index in [-0.39, 0.29) is 18.6 Å². The summed E-state index contributed by atoms with van der Waals surface area (Å²) in [5.41, 5.74) is 1.28. The lowest BCUT2D eigenvalue weighted by molar-refractivity contribution is -0.147. The van der Waals surface area contributed by atoms with Gasteiger partial charge in [-0.3, -0.25) is 19.2 Å². The monoisotopic (exact) mass is 386 g/mol. The van der Waals surface area contributed by atoms with E-state index in [0.717, 1.165) is 0 Å². The molecule has 0 aromatic heterocycles. The first kappa shape index (κ1) is 20.8. The highest BCUT2D eigenvalue weighted by atomic mass is 19.1. The van der Waals surface area contributed by atoms with Crippen LogP contribution in [0.25, 0.3) is 0 Å². The van der Waals surface area contributed by atoms with Gasteiger partial charge in [0, 0.05) is 23.4 Å². The number of ketones is 1. The maximum absolute atomic E-state index is 12.8. The summed E-state index contributed by atoms with van der Waals surface area (Å²) in [5, 5.41) is 5.03. The van der Waals surface area contributed by atoms with Crippen LogP contribution in [0.3, 0.4) is 0 Å². The molecule has 2 amide bonds. The second-order valence-corrected chi connectivity index (χ2v) is 5.90. The van der Waals surface area contributed by atoms with Crippen LogP contribution in [0.1, 0.15) is 30.1 Å². The average Bonchev–Trinajstić information content (AvgIpc) is 2.66. The van der Waals surface area contributed by atoms with Gasteiger partial charge in [0.05, 0.1) is 6.42 Å². The molecular formula is C20H19FN2O5. The van der Waals surface area contributed by atoms with Crippen molar-refractivity contribution in [2.45, 2.75) is 19.8 Å². The van der Waals surface area contributed by atoms with Gasteiger partial charge in [0.15, 0.2) is 12.4 Å². The number of Topliss-reactive ketones (excluding diaryl/α,β-unsaturated/α-hetero) is 1. The van der Waals surface area contributed by atoms with E-state index in [1.807, 2.05) is 0 Å². The number of amides is 2. The van der Waals surface area contributed by atoms with E-state index in [4.69, 9.17) is 4.74 Å². The number of halogens is 1. The third kappa shape index (κ3) is 6.99. The predicted octanol–water partition coefficient (Wildman–Crippen LogP) is 2.93. The standard InChI is InChI=1S/C20H19FN2O5/c1-13(24)14-3-2-4-17(11-14)23-18(25)9-10-20(27)28-12-19(26)22-16-7-5-15(21)6-8-16/h2-8,11H,9-10,12H2,1H3,(H,22,26)(H,23,25). The van der Waals surface area contributed by atoms with Crippen molar-refractivity contribution in [1.29, 1.82) is 0 Å². The summed E-state index contributed by atoms with van der Waals surface area (Å²) in [4.78, 5) is 46.6. The molecular weight excluding hydrogens is 367 g/mol. The van der Waals surface area contributed by atoms with E-state index in [1.54, 1.807) is 24.3 Å². The first-order valence-corrected chi connectivity index (χ1v) is 8.45. The fourth-order valence-corrected chi connectivity index (χ4v) is 2.20. The first-order chi connectivity index (χ1) is 13.3. The third-order valence-corrected chi connectivity index (χ3v) is 3.60. The van der Waals surface area contributed by atoms with E-state index in [2.05, 4.69) is 10.6 Å². The van der Waals surface area contributed by atoms with Crippen LogP contribution in [-0.4, -0.2) is 30.2 Å². The van der Waals surface area contributed by atoms with Crippen molar-refractivity contribution in [1.82, 2.24) is 0 Å². The highest BCUT2D eigenvalue weighted by molar-refractivity contribution is 5.97. The zero-order valence-electron chi connectivity index (χ0n) is 15.2. The van der Waals surface area contributed by atoms with Crippen LogP contribution in [0.4, 0.5) is 15.8 Å². The number of benzene rings is 2. The zero-order valence-corrected chi connectivity index (χ0v) is 15.2. The van der Waals surface area contributed by atoms with Gasteiger partial charge in [-0.05, 0) is 43.3 Å². The maximum atomic E-state index is 12.8. The van der Waals surface area contributed by atoms with Crippen LogP contribution < -0.4 is 10.6 Å². The SMILES string of the molecule is CC(=O)c1cccc(NC(=O)CCC(=O)OCC(=O)Nc2ccc(F)cc2)c1. The molecule has 2 N–H and O–H groups in total. The van der Waals surface area contributed by atoms with Gasteiger partial charge in [0.25, 0.3) is 5.91 Å². The minimum absolute atomic E-state index is 0.126. The van der Waals surface area contributed by atoms with Crippen LogP contribution in [0, 0.1) is 5.82 Å². The third-order valence-electron chi connectivity index (χ3n) is 3.60. The first-order valence-electron chi connectivity index (χ1n) is 8.45. The Morgan fingerprint density at radius 1 is 0.893 bits per heavy atom. The number of nitrogens with one attached hydrogen (secondary N) is 2. The van der Waals surface area contributed by atoms with E-state index >= 15 is 0 Å². The number of hydrogen-bond acceptors (Lipinski definition) is 5. The molecule has 0 saturated carbocycles. The van der Waals surface area contributed by atoms with Crippen molar-refractivity contribution >= 4 is 34.9 Å². The molecule has 0 bridgehead atoms. The summed E-state index contributed by atoms with van der Waals surface area (Å²) in [6, 6.07) is 11.6. The van der Waals surface area contributed by atoms with Gasteiger partial charge in [-0.15, -0.1) is 0 Å². The second kappa shape index (κ2) is 9.96. The number of anilines is 2. The molecule has 7 nitrogen and oxygen atoms in total. The van der Waals surface area contributed by atoms with Crippen molar-refractivity contribution in [2.75, 3.05) is 17.2 Å². The molecule has 28 heavy (non-hydrogen) atoms. The predicted molar refractivity (Wildman–Crippen MR) is 100 cm³/mol. The summed E-state index contributed by atoms with van der Waals surface area (Å²) in [7, 11) is 0. The van der Waals surface area contributed by atoms with Crippen molar-refractivity contribution in [3.05, 3.63) is 59.9 Å². The summed E-state index contributed by atoms with van der Waals surface area (Å²) >= 11 is 0. The number of ether oxygens (including phenoxy) is 1. The molecule has 0 heterocycles. The highest BCUT2D eigenvalue weighted by Gasteiger charge is 2.11. The van der Waals surface area contributed by atoms with Crippen LogP contribution >= 0.6 is 0 Å². The lowest BCUT2D eigenvalue weighted by atomic mass is 10.1. The normalized spacial score (nSPS) is 10.1. The molecule has 0 spiro atoms. The Morgan fingerprint density at radius 3 is 2.25 bits per heavy atom. The largest absolute Gasteiger partial charge is 0.456 e. The Labute approximate surface area is 160 Å². The molecule has 0 unspecified atom stereocenters. The highest BCUT2D eigenvalue weighted by Crippen LogP contribution is 2.12. The maximum Gasteiger partial charge on any atom is 0.306 e. The average molecular weight is 386 g/mol. The van der Waals surface area contributed by atoms with Crippen LogP contribution in [-0.2, 0) is 19.1 Å². The van der Waals surface area contributed by atoms with Crippen molar-refractivity contribution in [3.63, 3.8) is 0 Å². The van der Waals surface area contributed by atoms with Gasteiger partial charge in [0.2, 0.25) is 5.91 Å². The smallest absolute Gasteiger partial charge is 0.306 e. The minimum atomic E-state index is -0.707. The second-order valence-electron chi connectivity index (χ2n) is 5.90. The molecule has 8 heteroatoms. The summed E-state index contributed by atoms with van der Waals surface area (Å²) < 4.78 is 17.6. The Morgan fingerprint density at radius 2 is 1.57 bits per heavy atom. The Hall–Kier alpha value is -3.55. The molecule has 146 valence electrons. The van der Waals surface area contributed by atoms with Gasteiger partial charge in [0.1, 0.15) is 5.82 Å². The molecule has 2 aromatic rings. The van der Waals surface area contributed by atoms with Gasteiger partial charge in [-0.2, -0.15) is 0 Å². The topological polar surface area (TPSA) is 102 Å². The molecule has 0 radical (unpaired) electrons. The van der Waals surface area contributed by atoms with E-state index in [1.165, 1.54) is 31.2 Å². The fraction of sp³-hybridized carbons (Fsp3) is 0.200.